The van der Waals surface area contributed by atoms with Gasteiger partial charge in [-0.25, -0.2) is 0 Å². The maximum Gasteiger partial charge on any atom is 0.305 e. The molecule has 1 aliphatic rings. The molecule has 1 aliphatic heterocycles. The Balaban J connectivity index is 2.37. The molecular formula is C22H27NO10. The Morgan fingerprint density at radius 2 is 1.39 bits per heavy atom. The van der Waals surface area contributed by atoms with Crippen LogP contribution in [0.3, 0.4) is 0 Å². The van der Waals surface area contributed by atoms with Crippen molar-refractivity contribution in [1.82, 2.24) is 5.32 Å². The fraction of sp³-hybridized carbons (Fsp3) is 0.500. The minimum absolute atomic E-state index is 0.0218. The number of benzene rings is 1. The first kappa shape index (κ1) is 25.8. The van der Waals surface area contributed by atoms with Crippen molar-refractivity contribution in [2.75, 3.05) is 6.61 Å². The third-order valence-corrected chi connectivity index (χ3v) is 4.52. The number of hydrogen-bond donors (Lipinski definition) is 1. The Bertz CT molecular complexity index is 871. The molecular weight excluding hydrogens is 438 g/mol. The van der Waals surface area contributed by atoms with Gasteiger partial charge in [-0.05, 0) is 5.56 Å². The molecule has 0 aromatic heterocycles. The normalized spacial score (nSPS) is 24.2. The highest BCUT2D eigenvalue weighted by atomic mass is 16.7. The van der Waals surface area contributed by atoms with Crippen LogP contribution in [0.25, 0.3) is 0 Å². The van der Waals surface area contributed by atoms with Crippen molar-refractivity contribution >= 4 is 29.8 Å². The molecule has 1 amide bonds. The topological polar surface area (TPSA) is 144 Å². The van der Waals surface area contributed by atoms with Crippen LogP contribution in [0.4, 0.5) is 0 Å². The third-order valence-electron chi connectivity index (χ3n) is 4.52. The zero-order valence-electron chi connectivity index (χ0n) is 18.8. The molecule has 0 unspecified atom stereocenters. The molecule has 1 aromatic carbocycles. The van der Waals surface area contributed by atoms with Gasteiger partial charge in [0, 0.05) is 27.7 Å². The molecule has 1 fully saturated rings. The highest BCUT2D eigenvalue weighted by Gasteiger charge is 2.52. The number of amides is 1. The molecule has 1 heterocycles. The van der Waals surface area contributed by atoms with E-state index in [4.69, 9.17) is 23.7 Å². The highest BCUT2D eigenvalue weighted by Crippen LogP contribution is 2.28. The molecule has 11 nitrogen and oxygen atoms in total. The minimum Gasteiger partial charge on any atom is -0.463 e. The number of carbonyl (C=O) groups excluding carboxylic acids is 5. The number of carbonyl (C=O) groups is 5. The zero-order valence-corrected chi connectivity index (χ0v) is 18.8. The van der Waals surface area contributed by atoms with E-state index in [9.17, 15) is 24.0 Å². The molecule has 0 radical (unpaired) electrons. The van der Waals surface area contributed by atoms with E-state index in [0.717, 1.165) is 20.8 Å². The van der Waals surface area contributed by atoms with Crippen LogP contribution >= 0.6 is 0 Å². The van der Waals surface area contributed by atoms with Crippen LogP contribution in [0.2, 0.25) is 0 Å². The standard InChI is InChI=1S/C22H27NO10/c1-12(24)29-11-17-20(30-13(2)25)21(31-14(3)26)19(22(33-17)32-15(4)27)23-18(28)10-16-8-6-5-7-9-16/h5-9,17,19-22H,10-11H2,1-4H3,(H,23,28)/t17-,19+,20-,21-,22-/m1/s1. The monoisotopic (exact) mass is 465 g/mol. The minimum atomic E-state index is -1.42. The molecule has 0 aliphatic carbocycles. The molecule has 1 saturated heterocycles. The Labute approximate surface area is 190 Å². The Morgan fingerprint density at radius 1 is 0.818 bits per heavy atom. The molecule has 2 rings (SSSR count). The largest absolute Gasteiger partial charge is 0.463 e. The summed E-state index contributed by atoms with van der Waals surface area (Å²) in [6.45, 7) is 4.18. The fourth-order valence-corrected chi connectivity index (χ4v) is 3.34. The molecule has 0 bridgehead atoms. The van der Waals surface area contributed by atoms with E-state index in [1.54, 1.807) is 30.3 Å². The van der Waals surface area contributed by atoms with Gasteiger partial charge < -0.3 is 29.0 Å². The third kappa shape index (κ3) is 8.19. The lowest BCUT2D eigenvalue weighted by atomic mass is 9.95. The van der Waals surface area contributed by atoms with Gasteiger partial charge in [-0.1, -0.05) is 30.3 Å². The smallest absolute Gasteiger partial charge is 0.305 e. The lowest BCUT2D eigenvalue weighted by molar-refractivity contribution is -0.271. The van der Waals surface area contributed by atoms with Crippen LogP contribution in [-0.2, 0) is 54.1 Å². The van der Waals surface area contributed by atoms with Crippen LogP contribution in [0.5, 0.6) is 0 Å². The van der Waals surface area contributed by atoms with Gasteiger partial charge >= 0.3 is 23.9 Å². The van der Waals surface area contributed by atoms with Crippen molar-refractivity contribution < 1.29 is 47.7 Å². The summed E-state index contributed by atoms with van der Waals surface area (Å²) in [5.74, 6) is -3.32. The summed E-state index contributed by atoms with van der Waals surface area (Å²) >= 11 is 0. The lowest BCUT2D eigenvalue weighted by Gasteiger charge is -2.44. The first-order chi connectivity index (χ1) is 15.6. The van der Waals surface area contributed by atoms with Gasteiger partial charge in [-0.2, -0.15) is 0 Å². The number of hydrogen-bond acceptors (Lipinski definition) is 10. The van der Waals surface area contributed by atoms with Gasteiger partial charge in [0.1, 0.15) is 18.8 Å². The average molecular weight is 465 g/mol. The summed E-state index contributed by atoms with van der Waals surface area (Å²) in [5.41, 5.74) is 0.712. The van der Waals surface area contributed by atoms with Gasteiger partial charge in [0.15, 0.2) is 12.2 Å². The summed E-state index contributed by atoms with van der Waals surface area (Å²) in [4.78, 5) is 59.4. The SMILES string of the molecule is CC(=O)OC[C@H]1O[C@@H](OC(C)=O)[C@@H](NC(=O)Cc2ccccc2)[C@@H](OC(C)=O)[C@@H]1OC(C)=O. The first-order valence-corrected chi connectivity index (χ1v) is 10.2. The quantitative estimate of drug-likeness (QED) is 0.424. The van der Waals surface area contributed by atoms with Crippen LogP contribution < -0.4 is 5.32 Å². The van der Waals surface area contributed by atoms with Crippen LogP contribution in [0.15, 0.2) is 30.3 Å². The van der Waals surface area contributed by atoms with E-state index < -0.39 is 60.4 Å². The molecule has 0 saturated carbocycles. The van der Waals surface area contributed by atoms with E-state index in [0.29, 0.717) is 5.56 Å². The molecule has 1 aromatic rings. The van der Waals surface area contributed by atoms with Crippen LogP contribution in [0, 0.1) is 0 Å². The lowest BCUT2D eigenvalue weighted by Crippen LogP contribution is -2.67. The van der Waals surface area contributed by atoms with E-state index >= 15 is 0 Å². The molecule has 11 heteroatoms. The number of rotatable bonds is 8. The fourth-order valence-electron chi connectivity index (χ4n) is 3.34. The summed E-state index contributed by atoms with van der Waals surface area (Å²) in [7, 11) is 0. The Morgan fingerprint density at radius 3 is 1.94 bits per heavy atom. The highest BCUT2D eigenvalue weighted by molar-refractivity contribution is 5.79. The molecule has 1 N–H and O–H groups in total. The van der Waals surface area contributed by atoms with Gasteiger partial charge in [-0.15, -0.1) is 0 Å². The summed E-state index contributed by atoms with van der Waals surface area (Å²) in [6.07, 6.45) is -5.15. The van der Waals surface area contributed by atoms with Crippen molar-refractivity contribution in [2.45, 2.75) is 64.8 Å². The van der Waals surface area contributed by atoms with Crippen molar-refractivity contribution in [1.29, 1.82) is 0 Å². The summed E-state index contributed by atoms with van der Waals surface area (Å²) in [5, 5.41) is 2.65. The predicted molar refractivity (Wildman–Crippen MR) is 110 cm³/mol. The van der Waals surface area contributed by atoms with Gasteiger partial charge in [0.05, 0.1) is 6.42 Å². The average Bonchev–Trinajstić information content (AvgIpc) is 2.70. The van der Waals surface area contributed by atoms with Crippen molar-refractivity contribution in [2.24, 2.45) is 0 Å². The maximum absolute atomic E-state index is 12.7. The van der Waals surface area contributed by atoms with Crippen molar-refractivity contribution in [3.63, 3.8) is 0 Å². The molecule has 180 valence electrons. The van der Waals surface area contributed by atoms with Crippen LogP contribution in [-0.4, -0.2) is 67.0 Å². The van der Waals surface area contributed by atoms with E-state index in [1.807, 2.05) is 0 Å². The predicted octanol–water partition coefficient (Wildman–Crippen LogP) is 0.428. The number of esters is 4. The van der Waals surface area contributed by atoms with E-state index in [2.05, 4.69) is 5.32 Å². The van der Waals surface area contributed by atoms with Crippen molar-refractivity contribution in [3.8, 4) is 0 Å². The van der Waals surface area contributed by atoms with Gasteiger partial charge in [0.2, 0.25) is 12.2 Å². The van der Waals surface area contributed by atoms with E-state index in [-0.39, 0.29) is 13.0 Å². The summed E-state index contributed by atoms with van der Waals surface area (Å²) < 4.78 is 26.6. The second kappa shape index (κ2) is 12.0. The zero-order chi connectivity index (χ0) is 24.5. The molecule has 33 heavy (non-hydrogen) atoms. The van der Waals surface area contributed by atoms with Crippen LogP contribution in [0.1, 0.15) is 33.3 Å². The molecule has 5 atom stereocenters. The number of nitrogens with one attached hydrogen (secondary N) is 1. The van der Waals surface area contributed by atoms with E-state index in [1.165, 1.54) is 6.92 Å². The first-order valence-electron chi connectivity index (χ1n) is 10.2. The molecule has 0 spiro atoms. The second-order valence-corrected chi connectivity index (χ2v) is 7.36. The summed E-state index contributed by atoms with van der Waals surface area (Å²) in [6, 6.07) is 7.63. The maximum atomic E-state index is 12.7. The van der Waals surface area contributed by atoms with Gasteiger partial charge in [0.25, 0.3) is 0 Å². The van der Waals surface area contributed by atoms with Gasteiger partial charge in [-0.3, -0.25) is 24.0 Å². The van der Waals surface area contributed by atoms with Crippen molar-refractivity contribution in [3.05, 3.63) is 35.9 Å². The Hall–Kier alpha value is -3.47. The number of ether oxygens (including phenoxy) is 5. The Kier molecular flexibility index (Phi) is 9.34. The second-order valence-electron chi connectivity index (χ2n) is 7.36.